The van der Waals surface area contributed by atoms with E-state index in [1.54, 1.807) is 38.5 Å². The molecule has 4 nitrogen and oxygen atoms in total. The van der Waals surface area contributed by atoms with E-state index in [0.29, 0.717) is 11.5 Å². The van der Waals surface area contributed by atoms with Crippen molar-refractivity contribution in [1.82, 2.24) is 0 Å². The fraction of sp³-hybridized carbons (Fsp3) is 0.188. The summed E-state index contributed by atoms with van der Waals surface area (Å²) in [4.78, 5) is 11.0. The molecule has 0 unspecified atom stereocenters. The van der Waals surface area contributed by atoms with E-state index in [9.17, 15) is 4.79 Å². The van der Waals surface area contributed by atoms with Crippen molar-refractivity contribution >= 4 is 5.97 Å². The molecule has 4 heteroatoms. The summed E-state index contributed by atoms with van der Waals surface area (Å²) in [5.74, 6) is 0.474. The summed E-state index contributed by atoms with van der Waals surface area (Å²) in [6, 6.07) is 10.6. The number of hydrogen-bond donors (Lipinski definition) is 1. The predicted octanol–water partition coefficient (Wildman–Crippen LogP) is 3.38. The van der Waals surface area contributed by atoms with Crippen LogP contribution in [0.3, 0.4) is 0 Å². The van der Waals surface area contributed by atoms with E-state index < -0.39 is 5.97 Å². The lowest BCUT2D eigenvalue weighted by Gasteiger charge is -2.13. The van der Waals surface area contributed by atoms with Gasteiger partial charge in [-0.25, -0.2) is 4.79 Å². The first-order chi connectivity index (χ1) is 9.56. The normalized spacial score (nSPS) is 10.2. The highest BCUT2D eigenvalue weighted by Crippen LogP contribution is 2.35. The number of aryl methyl sites for hydroxylation is 1. The fourth-order valence-corrected chi connectivity index (χ4v) is 2.12. The quantitative estimate of drug-likeness (QED) is 0.927. The topological polar surface area (TPSA) is 55.8 Å². The van der Waals surface area contributed by atoms with Crippen molar-refractivity contribution in [2.45, 2.75) is 6.92 Å². The van der Waals surface area contributed by atoms with Gasteiger partial charge in [0.15, 0.2) is 0 Å². The smallest absolute Gasteiger partial charge is 0.335 e. The third kappa shape index (κ3) is 2.59. The number of carboxylic acids is 1. The first-order valence-corrected chi connectivity index (χ1v) is 6.13. The largest absolute Gasteiger partial charge is 0.497 e. The van der Waals surface area contributed by atoms with Gasteiger partial charge in [-0.05, 0) is 42.3 Å². The number of carboxylic acid groups (broad SMARTS) is 1. The minimum Gasteiger partial charge on any atom is -0.497 e. The number of methoxy groups -OCH3 is 2. The average Bonchev–Trinajstić information content (AvgIpc) is 2.46. The molecule has 0 bridgehead atoms. The van der Waals surface area contributed by atoms with E-state index in [1.807, 2.05) is 19.1 Å². The lowest BCUT2D eigenvalue weighted by atomic mass is 9.97. The average molecular weight is 272 g/mol. The second-order valence-electron chi connectivity index (χ2n) is 4.40. The molecule has 2 aromatic carbocycles. The second kappa shape index (κ2) is 5.65. The highest BCUT2D eigenvalue weighted by atomic mass is 16.5. The molecule has 2 rings (SSSR count). The van der Waals surface area contributed by atoms with Crippen LogP contribution < -0.4 is 9.47 Å². The summed E-state index contributed by atoms with van der Waals surface area (Å²) in [7, 11) is 3.20. The van der Waals surface area contributed by atoms with Crippen LogP contribution in [0.4, 0.5) is 0 Å². The van der Waals surface area contributed by atoms with Gasteiger partial charge in [0.1, 0.15) is 11.5 Å². The molecule has 0 aliphatic carbocycles. The van der Waals surface area contributed by atoms with Gasteiger partial charge in [-0.2, -0.15) is 0 Å². The Hall–Kier alpha value is -2.49. The van der Waals surface area contributed by atoms with Crippen LogP contribution >= 0.6 is 0 Å². The second-order valence-corrected chi connectivity index (χ2v) is 4.40. The van der Waals surface area contributed by atoms with Crippen LogP contribution in [0, 0.1) is 6.92 Å². The van der Waals surface area contributed by atoms with Crippen LogP contribution in [0.15, 0.2) is 36.4 Å². The van der Waals surface area contributed by atoms with Crippen molar-refractivity contribution < 1.29 is 19.4 Å². The highest BCUT2D eigenvalue weighted by molar-refractivity contribution is 5.89. The maximum absolute atomic E-state index is 11.0. The number of aromatic carboxylic acids is 1. The molecule has 2 aromatic rings. The van der Waals surface area contributed by atoms with Crippen molar-refractivity contribution in [2.24, 2.45) is 0 Å². The predicted molar refractivity (Wildman–Crippen MR) is 76.7 cm³/mol. The number of benzene rings is 2. The van der Waals surface area contributed by atoms with Gasteiger partial charge in [0.2, 0.25) is 0 Å². The first kappa shape index (κ1) is 13.9. The Kier molecular flexibility index (Phi) is 3.94. The maximum Gasteiger partial charge on any atom is 0.335 e. The monoisotopic (exact) mass is 272 g/mol. The summed E-state index contributed by atoms with van der Waals surface area (Å²) >= 11 is 0. The summed E-state index contributed by atoms with van der Waals surface area (Å²) < 4.78 is 10.5. The highest BCUT2D eigenvalue weighted by Gasteiger charge is 2.12. The molecule has 1 N–H and O–H groups in total. The SMILES string of the molecule is COc1ccc(-c2ccc(C(=O)O)cc2C)c(OC)c1. The van der Waals surface area contributed by atoms with Gasteiger partial charge in [0.05, 0.1) is 19.8 Å². The van der Waals surface area contributed by atoms with E-state index >= 15 is 0 Å². The molecule has 20 heavy (non-hydrogen) atoms. The molecule has 0 saturated carbocycles. The van der Waals surface area contributed by atoms with Crippen molar-refractivity contribution in [3.8, 4) is 22.6 Å². The third-order valence-electron chi connectivity index (χ3n) is 3.17. The summed E-state index contributed by atoms with van der Waals surface area (Å²) in [6.07, 6.45) is 0. The Morgan fingerprint density at radius 1 is 1.00 bits per heavy atom. The molecule has 0 saturated heterocycles. The number of carbonyl (C=O) groups is 1. The van der Waals surface area contributed by atoms with Crippen LogP contribution in [0.2, 0.25) is 0 Å². The molecular weight excluding hydrogens is 256 g/mol. The van der Waals surface area contributed by atoms with Crippen molar-refractivity contribution in [2.75, 3.05) is 14.2 Å². The molecule has 0 radical (unpaired) electrons. The standard InChI is InChI=1S/C16H16O4/c1-10-8-11(16(17)18)4-6-13(10)14-7-5-12(19-2)9-15(14)20-3/h4-9H,1-3H3,(H,17,18). The van der Waals surface area contributed by atoms with E-state index in [-0.39, 0.29) is 5.56 Å². The maximum atomic E-state index is 11.0. The molecule has 104 valence electrons. The Morgan fingerprint density at radius 2 is 1.70 bits per heavy atom. The Morgan fingerprint density at radius 3 is 2.25 bits per heavy atom. The first-order valence-electron chi connectivity index (χ1n) is 6.13. The van der Waals surface area contributed by atoms with E-state index in [4.69, 9.17) is 14.6 Å². The lowest BCUT2D eigenvalue weighted by molar-refractivity contribution is 0.0697. The molecule has 0 heterocycles. The number of rotatable bonds is 4. The molecule has 0 aliphatic heterocycles. The van der Waals surface area contributed by atoms with Crippen molar-refractivity contribution in [3.63, 3.8) is 0 Å². The zero-order valence-electron chi connectivity index (χ0n) is 11.6. The Balaban J connectivity index is 2.53. The zero-order valence-corrected chi connectivity index (χ0v) is 11.6. The van der Waals surface area contributed by atoms with Gasteiger partial charge in [0, 0.05) is 11.6 Å². The zero-order chi connectivity index (χ0) is 14.7. The summed E-state index contributed by atoms with van der Waals surface area (Å²) in [6.45, 7) is 1.88. The van der Waals surface area contributed by atoms with Crippen molar-refractivity contribution in [3.05, 3.63) is 47.5 Å². The molecule has 0 aromatic heterocycles. The fourth-order valence-electron chi connectivity index (χ4n) is 2.12. The van der Waals surface area contributed by atoms with Gasteiger partial charge in [-0.1, -0.05) is 6.07 Å². The van der Waals surface area contributed by atoms with Crippen LogP contribution in [0.1, 0.15) is 15.9 Å². The Labute approximate surface area is 117 Å². The van der Waals surface area contributed by atoms with E-state index in [0.717, 1.165) is 16.7 Å². The van der Waals surface area contributed by atoms with Crippen LogP contribution in [0.25, 0.3) is 11.1 Å². The number of ether oxygens (including phenoxy) is 2. The minimum atomic E-state index is -0.929. The number of hydrogen-bond acceptors (Lipinski definition) is 3. The molecule has 0 atom stereocenters. The van der Waals surface area contributed by atoms with Gasteiger partial charge in [-0.3, -0.25) is 0 Å². The van der Waals surface area contributed by atoms with Crippen LogP contribution in [0.5, 0.6) is 11.5 Å². The molecule has 0 spiro atoms. The van der Waals surface area contributed by atoms with E-state index in [2.05, 4.69) is 0 Å². The van der Waals surface area contributed by atoms with Crippen LogP contribution in [-0.2, 0) is 0 Å². The van der Waals surface area contributed by atoms with Crippen molar-refractivity contribution in [1.29, 1.82) is 0 Å². The molecule has 0 aliphatic rings. The van der Waals surface area contributed by atoms with Crippen LogP contribution in [-0.4, -0.2) is 25.3 Å². The summed E-state index contributed by atoms with van der Waals surface area (Å²) in [5.41, 5.74) is 3.00. The third-order valence-corrected chi connectivity index (χ3v) is 3.17. The minimum absolute atomic E-state index is 0.277. The van der Waals surface area contributed by atoms with Gasteiger partial charge >= 0.3 is 5.97 Å². The Bertz CT molecular complexity index is 647. The lowest BCUT2D eigenvalue weighted by Crippen LogP contribution is -1.98. The summed E-state index contributed by atoms with van der Waals surface area (Å²) in [5, 5.41) is 9.00. The van der Waals surface area contributed by atoms with Gasteiger partial charge < -0.3 is 14.6 Å². The molecule has 0 amide bonds. The molecular formula is C16H16O4. The molecule has 0 fully saturated rings. The van der Waals surface area contributed by atoms with E-state index in [1.165, 1.54) is 0 Å². The van der Waals surface area contributed by atoms with Gasteiger partial charge in [-0.15, -0.1) is 0 Å². The van der Waals surface area contributed by atoms with Gasteiger partial charge in [0.25, 0.3) is 0 Å².